The molecule has 0 radical (unpaired) electrons. The normalized spacial score (nSPS) is 15.0. The summed E-state index contributed by atoms with van der Waals surface area (Å²) < 4.78 is 14.9. The molecular formula is C23H24FN3O. The molecule has 0 bridgehead atoms. The quantitative estimate of drug-likeness (QED) is 0.666. The average Bonchev–Trinajstić information content (AvgIpc) is 3.03. The minimum absolute atomic E-state index is 0.0369. The zero-order valence-corrected chi connectivity index (χ0v) is 16.2. The van der Waals surface area contributed by atoms with Gasteiger partial charge in [-0.2, -0.15) is 5.10 Å². The maximum Gasteiger partial charge on any atom is 0.257 e. The van der Waals surface area contributed by atoms with E-state index in [4.69, 9.17) is 0 Å². The second-order valence-electron chi connectivity index (χ2n) is 7.41. The van der Waals surface area contributed by atoms with Gasteiger partial charge in [0.2, 0.25) is 0 Å². The zero-order valence-electron chi connectivity index (χ0n) is 16.2. The van der Waals surface area contributed by atoms with Gasteiger partial charge in [-0.15, -0.1) is 0 Å². The molecule has 5 heteroatoms. The van der Waals surface area contributed by atoms with E-state index in [0.29, 0.717) is 17.2 Å². The third kappa shape index (κ3) is 3.44. The molecular weight excluding hydrogens is 353 g/mol. The molecule has 1 fully saturated rings. The van der Waals surface area contributed by atoms with E-state index in [-0.39, 0.29) is 11.7 Å². The van der Waals surface area contributed by atoms with Crippen LogP contribution in [0.15, 0.2) is 54.6 Å². The van der Waals surface area contributed by atoms with E-state index in [1.54, 1.807) is 16.8 Å². The molecule has 2 heterocycles. The van der Waals surface area contributed by atoms with Crippen LogP contribution < -0.4 is 0 Å². The molecule has 3 aromatic rings. The smallest absolute Gasteiger partial charge is 0.257 e. The number of piperidine rings is 1. The lowest BCUT2D eigenvalue weighted by atomic mass is 9.89. The highest BCUT2D eigenvalue weighted by Gasteiger charge is 2.28. The van der Waals surface area contributed by atoms with Crippen LogP contribution in [0.1, 0.15) is 46.1 Å². The van der Waals surface area contributed by atoms with Crippen molar-refractivity contribution in [1.29, 1.82) is 0 Å². The van der Waals surface area contributed by atoms with E-state index in [0.717, 1.165) is 37.3 Å². The molecule has 1 amide bonds. The summed E-state index contributed by atoms with van der Waals surface area (Å²) in [6, 6.07) is 16.7. The van der Waals surface area contributed by atoms with Gasteiger partial charge >= 0.3 is 0 Å². The second kappa shape index (κ2) is 7.58. The molecule has 0 unspecified atom stereocenters. The Morgan fingerprint density at radius 1 is 1.00 bits per heavy atom. The first-order valence-corrected chi connectivity index (χ1v) is 9.71. The zero-order chi connectivity index (χ0) is 19.7. The van der Waals surface area contributed by atoms with Crippen molar-refractivity contribution < 1.29 is 9.18 Å². The molecule has 2 aromatic carbocycles. The van der Waals surface area contributed by atoms with Gasteiger partial charge in [0.15, 0.2) is 0 Å². The van der Waals surface area contributed by atoms with Gasteiger partial charge in [-0.05, 0) is 62.4 Å². The highest BCUT2D eigenvalue weighted by atomic mass is 19.1. The molecule has 0 atom stereocenters. The predicted molar refractivity (Wildman–Crippen MR) is 107 cm³/mol. The fourth-order valence-corrected chi connectivity index (χ4v) is 4.09. The first kappa shape index (κ1) is 18.4. The number of aryl methyl sites for hydroxylation is 1. The van der Waals surface area contributed by atoms with E-state index in [9.17, 15) is 9.18 Å². The number of benzene rings is 2. The Kier molecular flexibility index (Phi) is 4.99. The Morgan fingerprint density at radius 3 is 2.29 bits per heavy atom. The molecule has 0 N–H and O–H groups in total. The summed E-state index contributed by atoms with van der Waals surface area (Å²) in [7, 11) is 0. The van der Waals surface area contributed by atoms with Crippen molar-refractivity contribution in [2.75, 3.05) is 13.1 Å². The first-order valence-electron chi connectivity index (χ1n) is 9.71. The summed E-state index contributed by atoms with van der Waals surface area (Å²) in [5.74, 6) is 0.257. The average molecular weight is 377 g/mol. The fourth-order valence-electron chi connectivity index (χ4n) is 4.09. The van der Waals surface area contributed by atoms with E-state index in [1.807, 2.05) is 24.8 Å². The SMILES string of the molecule is Cc1nn(-c2ccc(F)cc2)c(C)c1C(=O)N1CCC(c2ccccc2)CC1. The molecule has 0 spiro atoms. The Labute approximate surface area is 164 Å². The van der Waals surface area contributed by atoms with Crippen LogP contribution in [-0.4, -0.2) is 33.7 Å². The Morgan fingerprint density at radius 2 is 1.64 bits per heavy atom. The molecule has 0 aliphatic carbocycles. The summed E-state index contributed by atoms with van der Waals surface area (Å²) in [6.45, 7) is 5.25. The first-order chi connectivity index (χ1) is 13.5. The summed E-state index contributed by atoms with van der Waals surface area (Å²) in [5, 5.41) is 4.54. The van der Waals surface area contributed by atoms with E-state index in [1.165, 1.54) is 17.7 Å². The van der Waals surface area contributed by atoms with Gasteiger partial charge in [-0.1, -0.05) is 30.3 Å². The van der Waals surface area contributed by atoms with Crippen LogP contribution in [0.5, 0.6) is 0 Å². The van der Waals surface area contributed by atoms with Crippen LogP contribution in [0, 0.1) is 19.7 Å². The monoisotopic (exact) mass is 377 g/mol. The van der Waals surface area contributed by atoms with Crippen molar-refractivity contribution in [3.05, 3.63) is 82.9 Å². The number of rotatable bonds is 3. The van der Waals surface area contributed by atoms with Crippen LogP contribution in [-0.2, 0) is 0 Å². The van der Waals surface area contributed by atoms with E-state index < -0.39 is 0 Å². The van der Waals surface area contributed by atoms with Gasteiger partial charge in [0.25, 0.3) is 5.91 Å². The van der Waals surface area contributed by atoms with Gasteiger partial charge < -0.3 is 4.90 Å². The van der Waals surface area contributed by atoms with Crippen molar-refractivity contribution in [3.8, 4) is 5.69 Å². The third-order valence-corrected chi connectivity index (χ3v) is 5.63. The Bertz CT molecular complexity index is 971. The van der Waals surface area contributed by atoms with Gasteiger partial charge in [0, 0.05) is 13.1 Å². The fraction of sp³-hybridized carbons (Fsp3) is 0.304. The lowest BCUT2D eigenvalue weighted by molar-refractivity contribution is 0.0711. The highest BCUT2D eigenvalue weighted by Crippen LogP contribution is 2.29. The molecule has 0 saturated carbocycles. The number of carbonyl (C=O) groups is 1. The Hall–Kier alpha value is -2.95. The predicted octanol–water partition coefficient (Wildman–Crippen LogP) is 4.65. The van der Waals surface area contributed by atoms with Crippen LogP contribution in [0.2, 0.25) is 0 Å². The number of aromatic nitrogens is 2. The molecule has 144 valence electrons. The van der Waals surface area contributed by atoms with Crippen LogP contribution in [0.4, 0.5) is 4.39 Å². The van der Waals surface area contributed by atoms with Crippen LogP contribution in [0.3, 0.4) is 0 Å². The maximum absolute atomic E-state index is 13.2. The standard InChI is InChI=1S/C23H24FN3O/c1-16-22(17(2)27(25-16)21-10-8-20(24)9-11-21)23(28)26-14-12-19(13-15-26)18-6-4-3-5-7-18/h3-11,19H,12-15H2,1-2H3. The highest BCUT2D eigenvalue weighted by molar-refractivity contribution is 5.96. The number of nitrogens with zero attached hydrogens (tertiary/aromatic N) is 3. The molecule has 1 saturated heterocycles. The topological polar surface area (TPSA) is 38.1 Å². The summed E-state index contributed by atoms with van der Waals surface area (Å²) in [5.41, 5.74) is 4.26. The second-order valence-corrected chi connectivity index (χ2v) is 7.41. The number of hydrogen-bond acceptors (Lipinski definition) is 2. The number of halogens is 1. The number of hydrogen-bond donors (Lipinski definition) is 0. The van der Waals surface area contributed by atoms with Crippen molar-refractivity contribution >= 4 is 5.91 Å². The largest absolute Gasteiger partial charge is 0.338 e. The molecule has 4 rings (SSSR count). The van der Waals surface area contributed by atoms with Gasteiger partial charge in [0.1, 0.15) is 5.82 Å². The molecule has 1 aliphatic heterocycles. The van der Waals surface area contributed by atoms with Crippen LogP contribution >= 0.6 is 0 Å². The summed E-state index contributed by atoms with van der Waals surface area (Å²) in [6.07, 6.45) is 1.94. The van der Waals surface area contributed by atoms with Gasteiger partial charge in [-0.25, -0.2) is 9.07 Å². The number of likely N-dealkylation sites (tertiary alicyclic amines) is 1. The molecule has 1 aliphatic rings. The number of carbonyl (C=O) groups excluding carboxylic acids is 1. The maximum atomic E-state index is 13.2. The summed E-state index contributed by atoms with van der Waals surface area (Å²) >= 11 is 0. The third-order valence-electron chi connectivity index (χ3n) is 5.63. The molecule has 28 heavy (non-hydrogen) atoms. The lowest BCUT2D eigenvalue weighted by Crippen LogP contribution is -2.38. The number of amides is 1. The Balaban J connectivity index is 1.52. The lowest BCUT2D eigenvalue weighted by Gasteiger charge is -2.32. The van der Waals surface area contributed by atoms with Crippen molar-refractivity contribution in [2.45, 2.75) is 32.6 Å². The summed E-state index contributed by atoms with van der Waals surface area (Å²) in [4.78, 5) is 15.1. The van der Waals surface area contributed by atoms with Crippen molar-refractivity contribution in [2.24, 2.45) is 0 Å². The van der Waals surface area contributed by atoms with E-state index in [2.05, 4.69) is 29.4 Å². The minimum Gasteiger partial charge on any atom is -0.338 e. The van der Waals surface area contributed by atoms with Gasteiger partial charge in [0.05, 0.1) is 22.6 Å². The van der Waals surface area contributed by atoms with E-state index >= 15 is 0 Å². The van der Waals surface area contributed by atoms with Crippen LogP contribution in [0.25, 0.3) is 5.69 Å². The van der Waals surface area contributed by atoms with Crippen molar-refractivity contribution in [3.63, 3.8) is 0 Å². The minimum atomic E-state index is -0.289. The molecule has 4 nitrogen and oxygen atoms in total. The molecule has 1 aromatic heterocycles. The van der Waals surface area contributed by atoms with Crippen molar-refractivity contribution in [1.82, 2.24) is 14.7 Å². The van der Waals surface area contributed by atoms with Gasteiger partial charge in [-0.3, -0.25) is 4.79 Å².